The Balaban J connectivity index is 2.90. The molecule has 0 radical (unpaired) electrons. The molecule has 0 saturated heterocycles. The van der Waals surface area contributed by atoms with Crippen LogP contribution in [0.5, 0.6) is 0 Å². The van der Waals surface area contributed by atoms with Gasteiger partial charge in [-0.3, -0.25) is 4.79 Å². The van der Waals surface area contributed by atoms with Crippen LogP contribution < -0.4 is 5.32 Å². The first-order valence-corrected chi connectivity index (χ1v) is 7.30. The zero-order valence-corrected chi connectivity index (χ0v) is 13.8. The van der Waals surface area contributed by atoms with Crippen molar-refractivity contribution in [2.75, 3.05) is 7.11 Å². The highest BCUT2D eigenvalue weighted by Gasteiger charge is 2.24. The number of hydrogen-bond donors (Lipinski definition) is 1. The van der Waals surface area contributed by atoms with Gasteiger partial charge in [0.25, 0.3) is 5.91 Å². The molecule has 20 heavy (non-hydrogen) atoms. The predicted molar refractivity (Wildman–Crippen MR) is 81.6 cm³/mol. The van der Waals surface area contributed by atoms with Crippen LogP contribution in [0.1, 0.15) is 36.2 Å². The van der Waals surface area contributed by atoms with Gasteiger partial charge in [0.05, 0.1) is 12.7 Å². The topological polar surface area (TPSA) is 55.4 Å². The number of nitrogens with one attached hydrogen (secondary N) is 1. The van der Waals surface area contributed by atoms with Gasteiger partial charge in [-0.15, -0.1) is 0 Å². The maximum absolute atomic E-state index is 12.3. The number of halogens is 1. The molecule has 1 aromatic rings. The van der Waals surface area contributed by atoms with Crippen molar-refractivity contribution in [3.05, 3.63) is 33.8 Å². The highest BCUT2D eigenvalue weighted by molar-refractivity contribution is 9.10. The Labute approximate surface area is 128 Å². The normalized spacial score (nSPS) is 12.1. The van der Waals surface area contributed by atoms with E-state index in [2.05, 4.69) is 21.2 Å². The number of rotatable bonds is 5. The van der Waals surface area contributed by atoms with E-state index in [0.717, 1.165) is 10.0 Å². The second-order valence-corrected chi connectivity index (χ2v) is 5.91. The first-order chi connectivity index (χ1) is 9.36. The lowest BCUT2D eigenvalue weighted by atomic mass is 10.0. The molecule has 0 aromatic heterocycles. The smallest absolute Gasteiger partial charge is 0.328 e. The Morgan fingerprint density at radius 3 is 2.55 bits per heavy atom. The van der Waals surface area contributed by atoms with Crippen molar-refractivity contribution in [3.63, 3.8) is 0 Å². The minimum absolute atomic E-state index is 0.278. The van der Waals surface area contributed by atoms with Gasteiger partial charge in [-0.1, -0.05) is 26.0 Å². The fraction of sp³-hybridized carbons (Fsp3) is 0.467. The van der Waals surface area contributed by atoms with Crippen LogP contribution in [0, 0.1) is 12.8 Å². The van der Waals surface area contributed by atoms with Crippen molar-refractivity contribution in [1.29, 1.82) is 0 Å². The van der Waals surface area contributed by atoms with Crippen molar-refractivity contribution in [3.8, 4) is 0 Å². The average molecular weight is 342 g/mol. The summed E-state index contributed by atoms with van der Waals surface area (Å²) in [4.78, 5) is 24.0. The van der Waals surface area contributed by atoms with E-state index in [1.807, 2.05) is 32.9 Å². The second kappa shape index (κ2) is 7.43. The second-order valence-electron chi connectivity index (χ2n) is 5.12. The quantitative estimate of drug-likeness (QED) is 0.837. The highest BCUT2D eigenvalue weighted by atomic mass is 79.9. The lowest BCUT2D eigenvalue weighted by Crippen LogP contribution is -2.42. The number of carbonyl (C=O) groups is 2. The minimum atomic E-state index is -0.625. The van der Waals surface area contributed by atoms with Gasteiger partial charge in [-0.05, 0) is 46.8 Å². The summed E-state index contributed by atoms with van der Waals surface area (Å²) in [6.07, 6.45) is 0.544. The van der Waals surface area contributed by atoms with Crippen molar-refractivity contribution >= 4 is 27.8 Å². The number of amides is 1. The van der Waals surface area contributed by atoms with Crippen molar-refractivity contribution in [2.45, 2.75) is 33.2 Å². The van der Waals surface area contributed by atoms with Crippen LogP contribution in [0.15, 0.2) is 22.7 Å². The van der Waals surface area contributed by atoms with E-state index in [1.54, 1.807) is 6.07 Å². The fourth-order valence-corrected chi connectivity index (χ4v) is 2.33. The Morgan fingerprint density at radius 1 is 1.35 bits per heavy atom. The molecule has 1 unspecified atom stereocenters. The van der Waals surface area contributed by atoms with Gasteiger partial charge < -0.3 is 10.1 Å². The zero-order chi connectivity index (χ0) is 15.3. The lowest BCUT2D eigenvalue weighted by molar-refractivity contribution is -0.143. The van der Waals surface area contributed by atoms with Crippen LogP contribution in [-0.2, 0) is 9.53 Å². The van der Waals surface area contributed by atoms with Crippen LogP contribution >= 0.6 is 15.9 Å². The molecule has 0 heterocycles. The third kappa shape index (κ3) is 4.34. The standard InChI is InChI=1S/C15H20BrNO3/c1-9(2)8-12(15(19)20-4)17-14(18)11-7-5-6-10(3)13(11)16/h5-7,9,12H,8H2,1-4H3,(H,17,18). The molecule has 110 valence electrons. The summed E-state index contributed by atoms with van der Waals surface area (Å²) in [5.74, 6) is -0.423. The molecule has 0 aliphatic carbocycles. The SMILES string of the molecule is COC(=O)C(CC(C)C)NC(=O)c1cccc(C)c1Br. The molecule has 1 N–H and O–H groups in total. The molecule has 0 aliphatic heterocycles. The molecule has 0 saturated carbocycles. The average Bonchev–Trinajstić information content (AvgIpc) is 2.39. The Bertz CT molecular complexity index is 500. The molecule has 1 aromatic carbocycles. The number of benzene rings is 1. The largest absolute Gasteiger partial charge is 0.467 e. The summed E-state index contributed by atoms with van der Waals surface area (Å²) >= 11 is 3.40. The molecule has 1 amide bonds. The van der Waals surface area contributed by atoms with Crippen LogP contribution in [-0.4, -0.2) is 25.0 Å². The fourth-order valence-electron chi connectivity index (χ4n) is 1.89. The van der Waals surface area contributed by atoms with Gasteiger partial charge in [0.1, 0.15) is 6.04 Å². The molecule has 1 atom stereocenters. The first-order valence-electron chi connectivity index (χ1n) is 6.50. The molecular weight excluding hydrogens is 322 g/mol. The maximum Gasteiger partial charge on any atom is 0.328 e. The number of aryl methyl sites for hydroxylation is 1. The van der Waals surface area contributed by atoms with Gasteiger partial charge in [-0.2, -0.15) is 0 Å². The van der Waals surface area contributed by atoms with Gasteiger partial charge in [0.15, 0.2) is 0 Å². The summed E-state index contributed by atoms with van der Waals surface area (Å²) in [5, 5.41) is 2.74. The van der Waals surface area contributed by atoms with Crippen LogP contribution in [0.4, 0.5) is 0 Å². The Hall–Kier alpha value is -1.36. The number of esters is 1. The highest BCUT2D eigenvalue weighted by Crippen LogP contribution is 2.21. The van der Waals surface area contributed by atoms with Crippen molar-refractivity contribution < 1.29 is 14.3 Å². The Morgan fingerprint density at radius 2 is 2.00 bits per heavy atom. The maximum atomic E-state index is 12.3. The van der Waals surface area contributed by atoms with Gasteiger partial charge in [0.2, 0.25) is 0 Å². The number of methoxy groups -OCH3 is 1. The van der Waals surface area contributed by atoms with E-state index in [0.29, 0.717) is 12.0 Å². The van der Waals surface area contributed by atoms with E-state index < -0.39 is 12.0 Å². The van der Waals surface area contributed by atoms with Gasteiger partial charge in [-0.25, -0.2) is 4.79 Å². The predicted octanol–water partition coefficient (Wildman–Crippen LogP) is 3.08. The molecular formula is C15H20BrNO3. The zero-order valence-electron chi connectivity index (χ0n) is 12.2. The van der Waals surface area contributed by atoms with Crippen LogP contribution in [0.3, 0.4) is 0 Å². The monoisotopic (exact) mass is 341 g/mol. The Kier molecular flexibility index (Phi) is 6.20. The van der Waals surface area contributed by atoms with Gasteiger partial charge in [0, 0.05) is 4.47 Å². The van der Waals surface area contributed by atoms with E-state index in [-0.39, 0.29) is 11.8 Å². The summed E-state index contributed by atoms with van der Waals surface area (Å²) in [6.45, 7) is 5.89. The molecule has 5 heteroatoms. The summed E-state index contributed by atoms with van der Waals surface area (Å²) in [6, 6.07) is 4.81. The molecule has 0 fully saturated rings. The van der Waals surface area contributed by atoms with E-state index in [9.17, 15) is 9.59 Å². The van der Waals surface area contributed by atoms with Crippen molar-refractivity contribution in [1.82, 2.24) is 5.32 Å². The molecule has 1 rings (SSSR count). The third-order valence-corrected chi connectivity index (χ3v) is 3.99. The lowest BCUT2D eigenvalue weighted by Gasteiger charge is -2.19. The van der Waals surface area contributed by atoms with Crippen molar-refractivity contribution in [2.24, 2.45) is 5.92 Å². The summed E-state index contributed by atoms with van der Waals surface area (Å²) in [5.41, 5.74) is 1.48. The molecule has 0 aliphatic rings. The van der Waals surface area contributed by atoms with Crippen LogP contribution in [0.25, 0.3) is 0 Å². The summed E-state index contributed by atoms with van der Waals surface area (Å²) < 4.78 is 5.48. The molecule has 0 bridgehead atoms. The molecule has 0 spiro atoms. The van der Waals surface area contributed by atoms with E-state index in [4.69, 9.17) is 4.74 Å². The number of ether oxygens (including phenoxy) is 1. The summed E-state index contributed by atoms with van der Waals surface area (Å²) in [7, 11) is 1.32. The van der Waals surface area contributed by atoms with E-state index in [1.165, 1.54) is 7.11 Å². The number of hydrogen-bond acceptors (Lipinski definition) is 3. The first kappa shape index (κ1) is 16.7. The van der Waals surface area contributed by atoms with Crippen LogP contribution in [0.2, 0.25) is 0 Å². The van der Waals surface area contributed by atoms with E-state index >= 15 is 0 Å². The third-order valence-electron chi connectivity index (χ3n) is 2.93. The van der Waals surface area contributed by atoms with Gasteiger partial charge >= 0.3 is 5.97 Å². The minimum Gasteiger partial charge on any atom is -0.467 e. The molecule has 4 nitrogen and oxygen atoms in total. The number of carbonyl (C=O) groups excluding carboxylic acids is 2.